The fourth-order valence-electron chi connectivity index (χ4n) is 1.69. The minimum atomic E-state index is -3.81. The molecule has 0 atom stereocenters. The molecular weight excluding hydrogens is 312 g/mol. The van der Waals surface area contributed by atoms with E-state index in [-0.39, 0.29) is 21.2 Å². The van der Waals surface area contributed by atoms with Crippen molar-refractivity contribution in [2.45, 2.75) is 31.1 Å². The highest BCUT2D eigenvalue weighted by Crippen LogP contribution is 2.27. The molecule has 0 radical (unpaired) electrons. The van der Waals surface area contributed by atoms with Crippen LogP contribution in [0.4, 0.5) is 11.5 Å². The first-order valence-electron chi connectivity index (χ1n) is 6.23. The predicted octanol–water partition coefficient (Wildman–Crippen LogP) is 2.74. The Labute approximate surface area is 128 Å². The van der Waals surface area contributed by atoms with Crippen molar-refractivity contribution in [3.8, 4) is 0 Å². The van der Waals surface area contributed by atoms with Crippen molar-refractivity contribution in [3.05, 3.63) is 35.0 Å². The van der Waals surface area contributed by atoms with Crippen LogP contribution in [0, 0.1) is 0 Å². The van der Waals surface area contributed by atoms with Crippen molar-refractivity contribution >= 4 is 33.1 Å². The number of hydrogen-bond donors (Lipinski definition) is 3. The van der Waals surface area contributed by atoms with Gasteiger partial charge in [0.15, 0.2) is 5.82 Å². The number of H-pyrrole nitrogens is 1. The van der Waals surface area contributed by atoms with Crippen LogP contribution in [0.3, 0.4) is 0 Å². The number of halogens is 1. The minimum Gasteiger partial charge on any atom is -0.399 e. The standard InChI is InChI=1S/C13H17ClN4O2S/c1-13(2,3)11-7-12(17-16-11)18-21(19,20)10-5-4-8(15)6-9(10)14/h4-7H,15H2,1-3H3,(H2,16,17,18). The molecule has 8 heteroatoms. The van der Waals surface area contributed by atoms with E-state index in [2.05, 4.69) is 14.9 Å². The average Bonchev–Trinajstić information content (AvgIpc) is 2.75. The van der Waals surface area contributed by atoms with Gasteiger partial charge in [0.25, 0.3) is 10.0 Å². The van der Waals surface area contributed by atoms with Gasteiger partial charge in [-0.1, -0.05) is 32.4 Å². The maximum absolute atomic E-state index is 12.3. The molecule has 0 aliphatic rings. The number of nitrogens with two attached hydrogens (primary N) is 1. The average molecular weight is 329 g/mol. The van der Waals surface area contributed by atoms with Crippen LogP contribution in [0.1, 0.15) is 26.5 Å². The maximum Gasteiger partial charge on any atom is 0.264 e. The zero-order valence-electron chi connectivity index (χ0n) is 11.9. The molecule has 0 saturated carbocycles. The molecular formula is C13H17ClN4O2S. The first kappa shape index (κ1) is 15.7. The lowest BCUT2D eigenvalue weighted by molar-refractivity contribution is 0.567. The van der Waals surface area contributed by atoms with Crippen LogP contribution in [0.25, 0.3) is 0 Å². The lowest BCUT2D eigenvalue weighted by Crippen LogP contribution is -2.14. The van der Waals surface area contributed by atoms with E-state index in [1.807, 2.05) is 20.8 Å². The summed E-state index contributed by atoms with van der Waals surface area (Å²) in [5.74, 6) is 0.216. The normalized spacial score (nSPS) is 12.4. The van der Waals surface area contributed by atoms with Gasteiger partial charge in [-0.3, -0.25) is 9.82 Å². The number of sulfonamides is 1. The summed E-state index contributed by atoms with van der Waals surface area (Å²) >= 11 is 5.93. The van der Waals surface area contributed by atoms with Crippen LogP contribution in [0.5, 0.6) is 0 Å². The molecule has 0 aliphatic heterocycles. The summed E-state index contributed by atoms with van der Waals surface area (Å²) in [7, 11) is -3.81. The second-order valence-electron chi connectivity index (χ2n) is 5.71. The van der Waals surface area contributed by atoms with E-state index >= 15 is 0 Å². The smallest absolute Gasteiger partial charge is 0.264 e. The maximum atomic E-state index is 12.3. The van der Waals surface area contributed by atoms with Crippen molar-refractivity contribution in [2.75, 3.05) is 10.5 Å². The zero-order chi connectivity index (χ0) is 15.8. The summed E-state index contributed by atoms with van der Waals surface area (Å²) in [6.07, 6.45) is 0. The Morgan fingerprint density at radius 3 is 2.48 bits per heavy atom. The molecule has 1 heterocycles. The Hall–Kier alpha value is -1.73. The number of nitrogens with one attached hydrogen (secondary N) is 2. The van der Waals surface area contributed by atoms with Crippen molar-refractivity contribution in [1.29, 1.82) is 0 Å². The van der Waals surface area contributed by atoms with Crippen LogP contribution in [-0.2, 0) is 15.4 Å². The Morgan fingerprint density at radius 2 is 1.95 bits per heavy atom. The number of nitrogens with zero attached hydrogens (tertiary/aromatic N) is 1. The van der Waals surface area contributed by atoms with Gasteiger partial charge in [-0.05, 0) is 18.2 Å². The molecule has 0 saturated heterocycles. The molecule has 0 unspecified atom stereocenters. The second kappa shape index (κ2) is 5.23. The van der Waals surface area contributed by atoms with Crippen LogP contribution in [0.15, 0.2) is 29.2 Å². The summed E-state index contributed by atoms with van der Waals surface area (Å²) in [6.45, 7) is 5.99. The van der Waals surface area contributed by atoms with Gasteiger partial charge in [-0.15, -0.1) is 0 Å². The number of rotatable bonds is 3. The third-order valence-corrected chi connectivity index (χ3v) is 4.71. The van der Waals surface area contributed by atoms with Crippen molar-refractivity contribution in [1.82, 2.24) is 10.2 Å². The molecule has 1 aromatic carbocycles. The van der Waals surface area contributed by atoms with Gasteiger partial charge < -0.3 is 5.73 Å². The molecule has 0 fully saturated rings. The quantitative estimate of drug-likeness (QED) is 0.754. The van der Waals surface area contributed by atoms with Crippen LogP contribution < -0.4 is 10.5 Å². The third-order valence-electron chi connectivity index (χ3n) is 2.87. The third kappa shape index (κ3) is 3.48. The summed E-state index contributed by atoms with van der Waals surface area (Å²) < 4.78 is 27.0. The molecule has 21 heavy (non-hydrogen) atoms. The first-order valence-corrected chi connectivity index (χ1v) is 8.09. The molecule has 2 aromatic rings. The highest BCUT2D eigenvalue weighted by molar-refractivity contribution is 7.92. The van der Waals surface area contributed by atoms with Gasteiger partial charge in [0, 0.05) is 22.9 Å². The Balaban J connectivity index is 2.31. The number of hydrogen-bond acceptors (Lipinski definition) is 4. The summed E-state index contributed by atoms with van der Waals surface area (Å²) in [4.78, 5) is -0.0429. The fourth-order valence-corrected chi connectivity index (χ4v) is 3.23. The Bertz CT molecular complexity index is 763. The van der Waals surface area contributed by atoms with Gasteiger partial charge in [0.05, 0.1) is 5.02 Å². The van der Waals surface area contributed by atoms with E-state index in [1.165, 1.54) is 18.2 Å². The number of anilines is 2. The van der Waals surface area contributed by atoms with Crippen LogP contribution >= 0.6 is 11.6 Å². The van der Waals surface area contributed by atoms with E-state index < -0.39 is 10.0 Å². The van der Waals surface area contributed by atoms with E-state index in [9.17, 15) is 8.42 Å². The predicted molar refractivity (Wildman–Crippen MR) is 84.0 cm³/mol. The summed E-state index contributed by atoms with van der Waals surface area (Å²) in [6, 6.07) is 5.88. The monoisotopic (exact) mass is 328 g/mol. The van der Waals surface area contributed by atoms with Crippen molar-refractivity contribution in [2.24, 2.45) is 0 Å². The molecule has 0 spiro atoms. The topological polar surface area (TPSA) is 101 Å². The Kier molecular flexibility index (Phi) is 3.90. The van der Waals surface area contributed by atoms with Gasteiger partial charge in [0.2, 0.25) is 0 Å². The number of nitrogen functional groups attached to an aromatic ring is 1. The van der Waals surface area contributed by atoms with E-state index in [0.29, 0.717) is 5.69 Å². The molecule has 2 rings (SSSR count). The van der Waals surface area contributed by atoms with Crippen LogP contribution in [0.2, 0.25) is 5.02 Å². The summed E-state index contributed by atoms with van der Waals surface area (Å²) in [5, 5.41) is 6.84. The molecule has 0 bridgehead atoms. The first-order chi connectivity index (χ1) is 9.59. The molecule has 114 valence electrons. The van der Waals surface area contributed by atoms with Crippen molar-refractivity contribution in [3.63, 3.8) is 0 Å². The molecule has 6 nitrogen and oxygen atoms in total. The van der Waals surface area contributed by atoms with E-state index in [0.717, 1.165) is 5.69 Å². The number of benzene rings is 1. The highest BCUT2D eigenvalue weighted by Gasteiger charge is 2.21. The Morgan fingerprint density at radius 1 is 1.29 bits per heavy atom. The SMILES string of the molecule is CC(C)(C)c1cc(NS(=O)(=O)c2ccc(N)cc2Cl)n[nH]1. The van der Waals surface area contributed by atoms with E-state index in [1.54, 1.807) is 6.07 Å². The largest absolute Gasteiger partial charge is 0.399 e. The van der Waals surface area contributed by atoms with Gasteiger partial charge in [-0.25, -0.2) is 8.42 Å². The summed E-state index contributed by atoms with van der Waals surface area (Å²) in [5.41, 5.74) is 6.62. The number of aromatic amines is 1. The minimum absolute atomic E-state index is 0.0429. The lowest BCUT2D eigenvalue weighted by atomic mass is 9.92. The van der Waals surface area contributed by atoms with Gasteiger partial charge in [-0.2, -0.15) is 5.10 Å². The molecule has 0 amide bonds. The van der Waals surface area contributed by atoms with Crippen LogP contribution in [-0.4, -0.2) is 18.6 Å². The van der Waals surface area contributed by atoms with Gasteiger partial charge >= 0.3 is 0 Å². The molecule has 1 aromatic heterocycles. The molecule has 0 aliphatic carbocycles. The second-order valence-corrected chi connectivity index (χ2v) is 7.77. The fraction of sp³-hybridized carbons (Fsp3) is 0.308. The molecule has 4 N–H and O–H groups in total. The van der Waals surface area contributed by atoms with Crippen molar-refractivity contribution < 1.29 is 8.42 Å². The van der Waals surface area contributed by atoms with Gasteiger partial charge in [0.1, 0.15) is 4.90 Å². The van der Waals surface area contributed by atoms with E-state index in [4.69, 9.17) is 17.3 Å². The number of aromatic nitrogens is 2. The lowest BCUT2D eigenvalue weighted by Gasteiger charge is -2.14. The highest BCUT2D eigenvalue weighted by atomic mass is 35.5. The zero-order valence-corrected chi connectivity index (χ0v) is 13.5.